The van der Waals surface area contributed by atoms with E-state index in [-0.39, 0.29) is 10.5 Å². The van der Waals surface area contributed by atoms with Crippen LogP contribution in [0.5, 0.6) is 5.75 Å². The topological polar surface area (TPSA) is 117 Å². The number of halogens is 3. The number of hydrogen-bond donors (Lipinski definition) is 3. The van der Waals surface area contributed by atoms with Crippen molar-refractivity contribution < 1.29 is 31.1 Å². The predicted molar refractivity (Wildman–Crippen MR) is 115 cm³/mol. The zero-order valence-corrected chi connectivity index (χ0v) is 17.9. The molecule has 0 saturated carbocycles. The number of benzene rings is 2. The molecule has 0 atom stereocenters. The number of ether oxygens (including phenoxy) is 1. The molecule has 3 N–H and O–H groups in total. The first-order valence-corrected chi connectivity index (χ1v) is 10.9. The average Bonchev–Trinajstić information content (AvgIpc) is 2.76. The second-order valence-electron chi connectivity index (χ2n) is 6.67. The Bertz CT molecular complexity index is 1300. The van der Waals surface area contributed by atoms with Gasteiger partial charge in [-0.15, -0.1) is 0 Å². The van der Waals surface area contributed by atoms with E-state index in [4.69, 9.17) is 4.74 Å². The third-order valence-corrected chi connectivity index (χ3v) is 5.72. The molecule has 3 rings (SSSR count). The molecule has 174 valence electrons. The summed E-state index contributed by atoms with van der Waals surface area (Å²) in [6.07, 6.45) is -4.22. The van der Waals surface area contributed by atoms with Crippen LogP contribution in [0.2, 0.25) is 0 Å². The Kier molecular flexibility index (Phi) is 6.77. The number of hydrogen-bond acceptors (Lipinski definition) is 5. The summed E-state index contributed by atoms with van der Waals surface area (Å²) >= 11 is 0. The highest BCUT2D eigenvalue weighted by atomic mass is 32.2. The fraction of sp³-hybridized carbons (Fsp3) is 0.143. The highest BCUT2D eigenvalue weighted by Crippen LogP contribution is 2.29. The molecular formula is C21H18F3N3O5S. The Labute approximate surface area is 186 Å². The van der Waals surface area contributed by atoms with Crippen LogP contribution in [0.1, 0.15) is 22.8 Å². The standard InChI is InChI=1S/C21H18F3N3O5S/c1-2-32-16-7-5-15(6-8-16)27-33(30,31)17-9-3-13(4-10-17)19(28)26-18-11-14(21(22,23)24)12-25-20(18)29/h3-12,27H,2H2,1H3,(H,25,29)(H,26,28). The molecule has 0 spiro atoms. The highest BCUT2D eigenvalue weighted by molar-refractivity contribution is 7.92. The summed E-state index contributed by atoms with van der Waals surface area (Å²) in [6, 6.07) is 11.4. The van der Waals surface area contributed by atoms with Gasteiger partial charge in [0.1, 0.15) is 11.4 Å². The quantitative estimate of drug-likeness (QED) is 0.474. The summed E-state index contributed by atoms with van der Waals surface area (Å²) in [5.41, 5.74) is -2.42. The van der Waals surface area contributed by atoms with E-state index in [1.54, 1.807) is 12.1 Å². The van der Waals surface area contributed by atoms with Gasteiger partial charge < -0.3 is 15.0 Å². The van der Waals surface area contributed by atoms with Crippen LogP contribution >= 0.6 is 0 Å². The number of carbonyl (C=O) groups excluding carboxylic acids is 1. The molecule has 1 amide bonds. The van der Waals surface area contributed by atoms with Crippen LogP contribution in [-0.4, -0.2) is 25.9 Å². The highest BCUT2D eigenvalue weighted by Gasteiger charge is 2.31. The lowest BCUT2D eigenvalue weighted by atomic mass is 10.2. The molecule has 0 aliphatic rings. The first-order chi connectivity index (χ1) is 15.5. The molecule has 0 radical (unpaired) electrons. The molecule has 0 fully saturated rings. The summed E-state index contributed by atoms with van der Waals surface area (Å²) in [5, 5.41) is 2.09. The first kappa shape index (κ1) is 23.9. The predicted octanol–water partition coefficient (Wildman–Crippen LogP) is 3.85. The number of rotatable bonds is 7. The fourth-order valence-corrected chi connectivity index (χ4v) is 3.78. The first-order valence-electron chi connectivity index (χ1n) is 9.46. The monoisotopic (exact) mass is 481 g/mol. The second-order valence-corrected chi connectivity index (χ2v) is 8.35. The molecule has 1 heterocycles. The van der Waals surface area contributed by atoms with Gasteiger partial charge in [-0.25, -0.2) is 8.42 Å². The zero-order chi connectivity index (χ0) is 24.2. The Morgan fingerprint density at radius 1 is 1.06 bits per heavy atom. The summed E-state index contributed by atoms with van der Waals surface area (Å²) in [5.74, 6) is -0.307. The van der Waals surface area contributed by atoms with Crippen molar-refractivity contribution in [2.75, 3.05) is 16.6 Å². The van der Waals surface area contributed by atoms with Gasteiger partial charge in [-0.3, -0.25) is 14.3 Å². The van der Waals surface area contributed by atoms with E-state index in [0.29, 0.717) is 30.3 Å². The normalized spacial score (nSPS) is 11.6. The van der Waals surface area contributed by atoms with Crippen molar-refractivity contribution in [2.45, 2.75) is 18.0 Å². The van der Waals surface area contributed by atoms with Gasteiger partial charge in [-0.2, -0.15) is 13.2 Å². The molecule has 1 aromatic heterocycles. The van der Waals surface area contributed by atoms with E-state index in [2.05, 4.69) is 10.0 Å². The SMILES string of the molecule is CCOc1ccc(NS(=O)(=O)c2ccc(C(=O)Nc3cc(C(F)(F)F)c[nH]c3=O)cc2)cc1. The Morgan fingerprint density at radius 2 is 1.70 bits per heavy atom. The number of aromatic amines is 1. The van der Waals surface area contributed by atoms with Crippen LogP contribution < -0.4 is 20.3 Å². The number of pyridine rings is 1. The average molecular weight is 481 g/mol. The fourth-order valence-electron chi connectivity index (χ4n) is 2.72. The zero-order valence-electron chi connectivity index (χ0n) is 17.1. The van der Waals surface area contributed by atoms with E-state index >= 15 is 0 Å². The van der Waals surface area contributed by atoms with E-state index < -0.39 is 38.9 Å². The third-order valence-electron chi connectivity index (χ3n) is 4.32. The smallest absolute Gasteiger partial charge is 0.417 e. The van der Waals surface area contributed by atoms with E-state index in [1.165, 1.54) is 24.3 Å². The maximum Gasteiger partial charge on any atom is 0.417 e. The molecule has 8 nitrogen and oxygen atoms in total. The van der Waals surface area contributed by atoms with Gasteiger partial charge in [-0.1, -0.05) is 0 Å². The molecule has 0 unspecified atom stereocenters. The summed E-state index contributed by atoms with van der Waals surface area (Å²) in [4.78, 5) is 25.9. The van der Waals surface area contributed by atoms with Crippen LogP contribution in [-0.2, 0) is 16.2 Å². The lowest BCUT2D eigenvalue weighted by molar-refractivity contribution is -0.137. The Hall–Kier alpha value is -3.80. The lowest BCUT2D eigenvalue weighted by Crippen LogP contribution is -2.21. The van der Waals surface area contributed by atoms with Gasteiger partial charge in [0.05, 0.1) is 17.1 Å². The number of carbonyl (C=O) groups is 1. The molecule has 3 aromatic rings. The summed E-state index contributed by atoms with van der Waals surface area (Å²) in [6.45, 7) is 2.28. The minimum absolute atomic E-state index is 0.0631. The molecule has 0 bridgehead atoms. The lowest BCUT2D eigenvalue weighted by Gasteiger charge is -2.11. The van der Waals surface area contributed by atoms with Crippen LogP contribution in [0.15, 0.2) is 70.5 Å². The number of nitrogens with one attached hydrogen (secondary N) is 3. The maximum atomic E-state index is 12.8. The molecular weight excluding hydrogens is 463 g/mol. The van der Waals surface area contributed by atoms with Crippen LogP contribution in [0.25, 0.3) is 0 Å². The molecule has 0 saturated heterocycles. The van der Waals surface area contributed by atoms with E-state index in [9.17, 15) is 31.2 Å². The second kappa shape index (κ2) is 9.36. The summed E-state index contributed by atoms with van der Waals surface area (Å²) < 4.78 is 71.3. The van der Waals surface area contributed by atoms with Gasteiger partial charge in [0, 0.05) is 17.4 Å². The maximum absolute atomic E-state index is 12.8. The Balaban J connectivity index is 1.74. The third kappa shape index (κ3) is 5.92. The Morgan fingerprint density at radius 3 is 2.27 bits per heavy atom. The number of alkyl halides is 3. The van der Waals surface area contributed by atoms with Crippen molar-refractivity contribution in [3.05, 3.63) is 82.3 Å². The van der Waals surface area contributed by atoms with Gasteiger partial charge >= 0.3 is 6.18 Å². The number of anilines is 2. The van der Waals surface area contributed by atoms with Crippen LogP contribution in [0, 0.1) is 0 Å². The minimum atomic E-state index is -4.71. The summed E-state index contributed by atoms with van der Waals surface area (Å²) in [7, 11) is -3.97. The van der Waals surface area contributed by atoms with Crippen LogP contribution in [0.3, 0.4) is 0 Å². The number of amides is 1. The largest absolute Gasteiger partial charge is 0.494 e. The molecule has 0 aliphatic carbocycles. The van der Waals surface area contributed by atoms with Crippen LogP contribution in [0.4, 0.5) is 24.5 Å². The number of H-pyrrole nitrogens is 1. The van der Waals surface area contributed by atoms with Crippen molar-refractivity contribution in [3.63, 3.8) is 0 Å². The van der Waals surface area contributed by atoms with Crippen molar-refractivity contribution in [2.24, 2.45) is 0 Å². The molecule has 12 heteroatoms. The molecule has 33 heavy (non-hydrogen) atoms. The van der Waals surface area contributed by atoms with Gasteiger partial charge in [0.25, 0.3) is 21.5 Å². The molecule has 0 aliphatic heterocycles. The van der Waals surface area contributed by atoms with E-state index in [0.717, 1.165) is 12.1 Å². The van der Waals surface area contributed by atoms with Crippen molar-refractivity contribution >= 4 is 27.3 Å². The van der Waals surface area contributed by atoms with Crippen molar-refractivity contribution in [1.29, 1.82) is 0 Å². The van der Waals surface area contributed by atoms with Crippen molar-refractivity contribution in [3.8, 4) is 5.75 Å². The molecule has 2 aromatic carbocycles. The van der Waals surface area contributed by atoms with Gasteiger partial charge in [-0.05, 0) is 61.5 Å². The number of sulfonamides is 1. The van der Waals surface area contributed by atoms with Gasteiger partial charge in [0.15, 0.2) is 0 Å². The minimum Gasteiger partial charge on any atom is -0.494 e. The van der Waals surface area contributed by atoms with E-state index in [1.807, 2.05) is 11.9 Å². The number of aromatic nitrogens is 1. The van der Waals surface area contributed by atoms with Crippen molar-refractivity contribution in [1.82, 2.24) is 4.98 Å². The van der Waals surface area contributed by atoms with Gasteiger partial charge in [0.2, 0.25) is 0 Å².